The van der Waals surface area contributed by atoms with Gasteiger partial charge in [0.25, 0.3) is 0 Å². The minimum absolute atomic E-state index is 0.415. The van der Waals surface area contributed by atoms with Gasteiger partial charge in [-0.25, -0.2) is 9.97 Å². The predicted molar refractivity (Wildman–Crippen MR) is 82.1 cm³/mol. The highest BCUT2D eigenvalue weighted by Crippen LogP contribution is 2.32. The number of aromatic nitrogens is 3. The van der Waals surface area contributed by atoms with Crippen molar-refractivity contribution in [1.82, 2.24) is 15.0 Å². The third-order valence-electron chi connectivity index (χ3n) is 3.04. The number of pyridine rings is 1. The fourth-order valence-corrected chi connectivity index (χ4v) is 2.14. The molecule has 1 aromatic carbocycles. The lowest BCUT2D eigenvalue weighted by atomic mass is 10.2. The Bertz CT molecular complexity index is 725. The van der Waals surface area contributed by atoms with Crippen LogP contribution >= 0.6 is 11.6 Å². The number of benzene rings is 1. The van der Waals surface area contributed by atoms with Crippen LogP contribution in [0.2, 0.25) is 0 Å². The van der Waals surface area contributed by atoms with E-state index in [1.165, 1.54) is 0 Å². The van der Waals surface area contributed by atoms with E-state index in [0.29, 0.717) is 29.7 Å². The number of hydrogen-bond donors (Lipinski definition) is 1. The SMILES string of the molecule is COc1ccc(-c2nc3ncccc3[nH]2)c(OCCCl)c1. The van der Waals surface area contributed by atoms with E-state index in [-0.39, 0.29) is 0 Å². The molecule has 2 heterocycles. The highest BCUT2D eigenvalue weighted by Gasteiger charge is 2.12. The summed E-state index contributed by atoms with van der Waals surface area (Å²) in [5.74, 6) is 2.51. The van der Waals surface area contributed by atoms with E-state index in [9.17, 15) is 0 Å². The fraction of sp³-hybridized carbons (Fsp3) is 0.200. The topological polar surface area (TPSA) is 60.0 Å². The zero-order chi connectivity index (χ0) is 14.7. The molecule has 0 unspecified atom stereocenters. The first kappa shape index (κ1) is 13.7. The Balaban J connectivity index is 2.06. The Morgan fingerprint density at radius 2 is 2.19 bits per heavy atom. The lowest BCUT2D eigenvalue weighted by molar-refractivity contribution is 0.340. The summed E-state index contributed by atoms with van der Waals surface area (Å²) in [4.78, 5) is 11.9. The van der Waals surface area contributed by atoms with Crippen molar-refractivity contribution in [3.05, 3.63) is 36.5 Å². The average Bonchev–Trinajstić information content (AvgIpc) is 2.96. The second-order valence-corrected chi connectivity index (χ2v) is 4.74. The second kappa shape index (κ2) is 6.01. The Hall–Kier alpha value is -2.27. The van der Waals surface area contributed by atoms with Crippen molar-refractivity contribution in [2.75, 3.05) is 19.6 Å². The van der Waals surface area contributed by atoms with E-state index in [2.05, 4.69) is 15.0 Å². The molecule has 1 N–H and O–H groups in total. The fourth-order valence-electron chi connectivity index (χ4n) is 2.07. The molecule has 0 saturated heterocycles. The maximum atomic E-state index is 5.70. The summed E-state index contributed by atoms with van der Waals surface area (Å²) in [5.41, 5.74) is 2.40. The third-order valence-corrected chi connectivity index (χ3v) is 3.19. The Labute approximate surface area is 126 Å². The number of nitrogens with one attached hydrogen (secondary N) is 1. The first-order valence-electron chi connectivity index (χ1n) is 6.49. The molecule has 0 fully saturated rings. The van der Waals surface area contributed by atoms with E-state index in [1.54, 1.807) is 13.3 Å². The van der Waals surface area contributed by atoms with Crippen molar-refractivity contribution in [3.63, 3.8) is 0 Å². The molecule has 0 atom stereocenters. The maximum absolute atomic E-state index is 5.70. The van der Waals surface area contributed by atoms with Gasteiger partial charge in [-0.3, -0.25) is 0 Å². The number of halogens is 1. The van der Waals surface area contributed by atoms with Crippen LogP contribution in [-0.4, -0.2) is 34.5 Å². The van der Waals surface area contributed by atoms with Crippen LogP contribution in [0.5, 0.6) is 11.5 Å². The van der Waals surface area contributed by atoms with Gasteiger partial charge in [-0.1, -0.05) is 0 Å². The number of aromatic amines is 1. The maximum Gasteiger partial charge on any atom is 0.178 e. The molecule has 3 rings (SSSR count). The summed E-state index contributed by atoms with van der Waals surface area (Å²) >= 11 is 5.70. The number of nitrogens with zero attached hydrogens (tertiary/aromatic N) is 2. The summed E-state index contributed by atoms with van der Waals surface area (Å²) in [6.07, 6.45) is 1.71. The van der Waals surface area contributed by atoms with Gasteiger partial charge in [0, 0.05) is 12.3 Å². The van der Waals surface area contributed by atoms with Crippen molar-refractivity contribution < 1.29 is 9.47 Å². The van der Waals surface area contributed by atoms with Gasteiger partial charge in [0.15, 0.2) is 5.65 Å². The Morgan fingerprint density at radius 1 is 1.29 bits per heavy atom. The summed E-state index contributed by atoms with van der Waals surface area (Å²) in [6.45, 7) is 0.417. The van der Waals surface area contributed by atoms with Gasteiger partial charge in [0.1, 0.15) is 23.9 Å². The first-order chi connectivity index (χ1) is 10.3. The number of imidazole rings is 1. The molecule has 0 bridgehead atoms. The minimum atomic E-state index is 0.415. The van der Waals surface area contributed by atoms with Gasteiger partial charge in [-0.15, -0.1) is 11.6 Å². The standard InChI is InChI=1S/C15H14ClN3O2/c1-20-10-4-5-11(13(9-10)21-8-6-16)14-18-12-3-2-7-17-15(12)19-14/h2-5,7,9H,6,8H2,1H3,(H,17,18,19). The molecule has 0 radical (unpaired) electrons. The summed E-state index contributed by atoms with van der Waals surface area (Å²) in [6, 6.07) is 9.39. The van der Waals surface area contributed by atoms with Gasteiger partial charge in [0.05, 0.1) is 24.1 Å². The molecule has 0 aliphatic rings. The molecule has 6 heteroatoms. The van der Waals surface area contributed by atoms with Crippen molar-refractivity contribution in [1.29, 1.82) is 0 Å². The smallest absolute Gasteiger partial charge is 0.178 e. The van der Waals surface area contributed by atoms with E-state index in [0.717, 1.165) is 16.8 Å². The Kier molecular flexibility index (Phi) is 3.92. The number of methoxy groups -OCH3 is 1. The number of fused-ring (bicyclic) bond motifs is 1. The molecular formula is C15H14ClN3O2. The van der Waals surface area contributed by atoms with Crippen LogP contribution < -0.4 is 9.47 Å². The lowest BCUT2D eigenvalue weighted by Crippen LogP contribution is -2.00. The zero-order valence-corrected chi connectivity index (χ0v) is 12.2. The van der Waals surface area contributed by atoms with Crippen LogP contribution in [0.4, 0.5) is 0 Å². The molecular weight excluding hydrogens is 290 g/mol. The number of rotatable bonds is 5. The molecule has 0 saturated carbocycles. The first-order valence-corrected chi connectivity index (χ1v) is 7.03. The van der Waals surface area contributed by atoms with Crippen molar-refractivity contribution in [2.45, 2.75) is 0 Å². The second-order valence-electron chi connectivity index (χ2n) is 4.36. The van der Waals surface area contributed by atoms with Gasteiger partial charge in [-0.2, -0.15) is 0 Å². The highest BCUT2D eigenvalue weighted by atomic mass is 35.5. The molecule has 108 valence electrons. The lowest BCUT2D eigenvalue weighted by Gasteiger charge is -2.10. The molecule has 0 amide bonds. The quantitative estimate of drug-likeness (QED) is 0.735. The van der Waals surface area contributed by atoms with E-state index < -0.39 is 0 Å². The largest absolute Gasteiger partial charge is 0.497 e. The average molecular weight is 304 g/mol. The van der Waals surface area contributed by atoms with Gasteiger partial charge in [-0.05, 0) is 24.3 Å². The third kappa shape index (κ3) is 2.78. The van der Waals surface area contributed by atoms with Gasteiger partial charge in [0.2, 0.25) is 0 Å². The van der Waals surface area contributed by atoms with Crippen LogP contribution in [0.25, 0.3) is 22.6 Å². The van der Waals surface area contributed by atoms with E-state index >= 15 is 0 Å². The number of alkyl halides is 1. The summed E-state index contributed by atoms with van der Waals surface area (Å²) < 4.78 is 10.9. The summed E-state index contributed by atoms with van der Waals surface area (Å²) in [5, 5.41) is 0. The molecule has 0 aliphatic heterocycles. The number of hydrogen-bond acceptors (Lipinski definition) is 4. The number of ether oxygens (including phenoxy) is 2. The predicted octanol–water partition coefficient (Wildman–Crippen LogP) is 3.25. The van der Waals surface area contributed by atoms with Crippen molar-refractivity contribution >= 4 is 22.8 Å². The normalized spacial score (nSPS) is 10.8. The van der Waals surface area contributed by atoms with Crippen LogP contribution in [0, 0.1) is 0 Å². The van der Waals surface area contributed by atoms with Crippen molar-refractivity contribution in [3.8, 4) is 22.9 Å². The molecule has 3 aromatic rings. The van der Waals surface area contributed by atoms with E-state index in [4.69, 9.17) is 21.1 Å². The van der Waals surface area contributed by atoms with Gasteiger partial charge >= 0.3 is 0 Å². The van der Waals surface area contributed by atoms with Crippen LogP contribution in [-0.2, 0) is 0 Å². The zero-order valence-electron chi connectivity index (χ0n) is 11.5. The van der Waals surface area contributed by atoms with Crippen LogP contribution in [0.3, 0.4) is 0 Å². The van der Waals surface area contributed by atoms with Crippen LogP contribution in [0.15, 0.2) is 36.5 Å². The van der Waals surface area contributed by atoms with Crippen molar-refractivity contribution in [2.24, 2.45) is 0 Å². The monoisotopic (exact) mass is 303 g/mol. The number of H-pyrrole nitrogens is 1. The molecule has 2 aromatic heterocycles. The highest BCUT2D eigenvalue weighted by molar-refractivity contribution is 6.18. The molecule has 0 aliphatic carbocycles. The van der Waals surface area contributed by atoms with E-state index in [1.807, 2.05) is 30.3 Å². The molecule has 0 spiro atoms. The molecule has 21 heavy (non-hydrogen) atoms. The Morgan fingerprint density at radius 3 is 2.95 bits per heavy atom. The molecule has 5 nitrogen and oxygen atoms in total. The van der Waals surface area contributed by atoms with Gasteiger partial charge < -0.3 is 14.5 Å². The van der Waals surface area contributed by atoms with Crippen LogP contribution in [0.1, 0.15) is 0 Å². The minimum Gasteiger partial charge on any atom is -0.497 e. The summed E-state index contributed by atoms with van der Waals surface area (Å²) in [7, 11) is 1.62.